The summed E-state index contributed by atoms with van der Waals surface area (Å²) in [6, 6.07) is 18.0. The maximum atomic E-state index is 13.4. The van der Waals surface area contributed by atoms with E-state index in [4.69, 9.17) is 5.73 Å². The number of nitrogen functional groups attached to an aromatic ring is 1. The molecule has 0 saturated heterocycles. The van der Waals surface area contributed by atoms with Crippen LogP contribution in [0.3, 0.4) is 0 Å². The molecule has 19 heteroatoms. The first-order chi connectivity index (χ1) is 24.7. The lowest BCUT2D eigenvalue weighted by Gasteiger charge is -2.19. The molecule has 0 fully saturated rings. The molecule has 272 valence electrons. The van der Waals surface area contributed by atoms with Crippen molar-refractivity contribution in [3.05, 3.63) is 117 Å². The van der Waals surface area contributed by atoms with Gasteiger partial charge in [0.1, 0.15) is 15.5 Å². The largest absolute Gasteiger partial charge is 0.398 e. The van der Waals surface area contributed by atoms with E-state index in [9.17, 15) is 48.5 Å². The van der Waals surface area contributed by atoms with Gasteiger partial charge in [0.05, 0.1) is 21.8 Å². The van der Waals surface area contributed by atoms with E-state index in [0.717, 1.165) is 35.4 Å². The van der Waals surface area contributed by atoms with Crippen LogP contribution in [0, 0.1) is 13.8 Å². The van der Waals surface area contributed by atoms with Crippen molar-refractivity contribution >= 4 is 81.4 Å². The molecule has 0 heterocycles. The van der Waals surface area contributed by atoms with Crippen molar-refractivity contribution in [2.24, 2.45) is 10.2 Å². The van der Waals surface area contributed by atoms with Crippen LogP contribution in [0.1, 0.15) is 43.0 Å². The van der Waals surface area contributed by atoms with Gasteiger partial charge in [-0.25, -0.2) is 0 Å². The number of rotatable bonds is 8. The molecule has 0 unspecified atom stereocenters. The van der Waals surface area contributed by atoms with Gasteiger partial charge in [0, 0.05) is 16.8 Å². The zero-order valence-electron chi connectivity index (χ0n) is 27.4. The number of nitrogens with one attached hydrogen (secondary N) is 2. The number of fused-ring (bicyclic) bond motifs is 2. The average molecular weight is 778 g/mol. The van der Waals surface area contributed by atoms with Crippen molar-refractivity contribution in [1.29, 1.82) is 0 Å². The molecule has 0 bridgehead atoms. The van der Waals surface area contributed by atoms with E-state index in [2.05, 4.69) is 21.1 Å². The number of carbonyl (C=O) groups is 2. The number of ketones is 2. The first kappa shape index (κ1) is 36.9. The molecule has 0 aromatic heterocycles. The molecule has 7 N–H and O–H groups in total. The zero-order chi connectivity index (χ0) is 38.6. The molecule has 0 saturated carbocycles. The Bertz CT molecular complexity index is 2770. The molecule has 53 heavy (non-hydrogen) atoms. The number of hydrogen-bond acceptors (Lipinski definition) is 13. The highest BCUT2D eigenvalue weighted by atomic mass is 32.2. The Hall–Kier alpha value is -5.83. The van der Waals surface area contributed by atoms with E-state index in [-0.39, 0.29) is 33.7 Å². The number of nitrogens with two attached hydrogens (primary N) is 1. The highest BCUT2D eigenvalue weighted by Crippen LogP contribution is 2.34. The second-order valence-corrected chi connectivity index (χ2v) is 16.1. The van der Waals surface area contributed by atoms with E-state index in [1.54, 1.807) is 56.3 Å². The molecule has 0 atom stereocenters. The van der Waals surface area contributed by atoms with Crippen LogP contribution in [-0.4, -0.2) is 61.9 Å². The highest BCUT2D eigenvalue weighted by molar-refractivity contribution is 7.95. The van der Waals surface area contributed by atoms with Crippen molar-refractivity contribution < 1.29 is 48.5 Å². The van der Waals surface area contributed by atoms with Crippen molar-refractivity contribution in [2.75, 3.05) is 16.6 Å². The molecular weight excluding hydrogens is 751 g/mol. The molecule has 0 aliphatic heterocycles. The fourth-order valence-corrected chi connectivity index (χ4v) is 7.63. The Labute approximate surface area is 302 Å². The van der Waals surface area contributed by atoms with Crippen molar-refractivity contribution in [2.45, 2.75) is 18.7 Å². The second-order valence-electron chi connectivity index (χ2n) is 11.9. The normalized spacial score (nSPS) is 16.2. The summed E-state index contributed by atoms with van der Waals surface area (Å²) in [7, 11) is -14.5. The molecule has 4 aromatic rings. The van der Waals surface area contributed by atoms with Crippen LogP contribution in [-0.2, 0) is 30.4 Å². The first-order valence-electron chi connectivity index (χ1n) is 15.1. The fraction of sp³-hybridized carbons (Fsp3) is 0.0588. The molecule has 2 aliphatic rings. The van der Waals surface area contributed by atoms with Gasteiger partial charge < -0.3 is 5.73 Å². The summed E-state index contributed by atoms with van der Waals surface area (Å²) in [6.45, 7) is 3.49. The van der Waals surface area contributed by atoms with Crippen molar-refractivity contribution in [1.82, 2.24) is 0 Å². The summed E-state index contributed by atoms with van der Waals surface area (Å²) in [6.07, 6.45) is 1.82. The third-order valence-corrected chi connectivity index (χ3v) is 10.9. The van der Waals surface area contributed by atoms with E-state index < -0.39 is 62.3 Å². The fourth-order valence-electron chi connectivity index (χ4n) is 5.70. The number of carbonyl (C=O) groups excluding carboxylic acids is 2. The van der Waals surface area contributed by atoms with Crippen LogP contribution in [0.5, 0.6) is 0 Å². The summed E-state index contributed by atoms with van der Waals surface area (Å²) >= 11 is 0. The molecule has 2 aliphatic carbocycles. The van der Waals surface area contributed by atoms with Gasteiger partial charge in [-0.3, -0.25) is 34.1 Å². The maximum absolute atomic E-state index is 13.4. The molecule has 6 rings (SSSR count). The van der Waals surface area contributed by atoms with Gasteiger partial charge in [0.2, 0.25) is 11.6 Å². The van der Waals surface area contributed by atoms with E-state index >= 15 is 0 Å². The van der Waals surface area contributed by atoms with Crippen LogP contribution in [0.15, 0.2) is 98.9 Å². The Morgan fingerprint density at radius 3 is 1.70 bits per heavy atom. The Morgan fingerprint density at radius 1 is 0.623 bits per heavy atom. The van der Waals surface area contributed by atoms with E-state index in [1.807, 2.05) is 6.07 Å². The predicted octanol–water partition coefficient (Wildman–Crippen LogP) is 4.59. The molecule has 0 radical (unpaired) electrons. The van der Waals surface area contributed by atoms with Gasteiger partial charge >= 0.3 is 0 Å². The number of nitrogens with zero attached hydrogens (tertiary/aromatic N) is 2. The topological polar surface area (TPSA) is 272 Å². The Kier molecular flexibility index (Phi) is 9.27. The lowest BCUT2D eigenvalue weighted by Crippen LogP contribution is -2.28. The predicted molar refractivity (Wildman–Crippen MR) is 198 cm³/mol. The summed E-state index contributed by atoms with van der Waals surface area (Å²) in [4.78, 5) is 24.3. The van der Waals surface area contributed by atoms with Crippen molar-refractivity contribution in [3.8, 4) is 11.1 Å². The SMILES string of the molecule is Cc1cc(-c2ccc(N/N=C3/C(=O)c4c(N)cc(S(=O)(=O)O)cc4C=C3S(=O)(=O)O)c(C)c2)ccc1N/N=C1/C=C(S(=O)(=O)O)c2ccccc2C1=O. The Balaban J connectivity index is 1.25. The molecule has 0 amide bonds. The lowest BCUT2D eigenvalue weighted by atomic mass is 9.93. The summed E-state index contributed by atoms with van der Waals surface area (Å²) in [5.74, 6) is -1.57. The Morgan fingerprint density at radius 2 is 1.17 bits per heavy atom. The van der Waals surface area contributed by atoms with Gasteiger partial charge in [0.25, 0.3) is 30.4 Å². The molecule has 4 aromatic carbocycles. The van der Waals surface area contributed by atoms with Crippen LogP contribution in [0.4, 0.5) is 17.1 Å². The minimum Gasteiger partial charge on any atom is -0.398 e. The second kappa shape index (κ2) is 13.3. The van der Waals surface area contributed by atoms with E-state index in [1.165, 1.54) is 12.1 Å². The van der Waals surface area contributed by atoms with Gasteiger partial charge in [0.15, 0.2) is 5.71 Å². The number of benzene rings is 4. The zero-order valence-corrected chi connectivity index (χ0v) is 29.8. The van der Waals surface area contributed by atoms with Crippen LogP contribution in [0.2, 0.25) is 0 Å². The monoisotopic (exact) mass is 777 g/mol. The minimum atomic E-state index is -5.06. The summed E-state index contributed by atoms with van der Waals surface area (Å²) in [5.41, 5.74) is 13.2. The number of allylic oxidation sites excluding steroid dienone is 2. The maximum Gasteiger partial charge on any atom is 0.296 e. The number of hydrogen-bond donors (Lipinski definition) is 6. The van der Waals surface area contributed by atoms with E-state index in [0.29, 0.717) is 22.5 Å². The van der Waals surface area contributed by atoms with Gasteiger partial charge in [-0.15, -0.1) is 0 Å². The third kappa shape index (κ3) is 7.29. The third-order valence-electron chi connectivity index (χ3n) is 8.30. The first-order valence-corrected chi connectivity index (χ1v) is 19.4. The number of hydrazone groups is 2. The van der Waals surface area contributed by atoms with Crippen LogP contribution >= 0.6 is 0 Å². The average Bonchev–Trinajstić information content (AvgIpc) is 3.06. The van der Waals surface area contributed by atoms with Gasteiger partial charge in [-0.2, -0.15) is 35.5 Å². The molecular formula is C34H27N5O11S3. The summed E-state index contributed by atoms with van der Waals surface area (Å²) in [5, 5.41) is 8.09. The van der Waals surface area contributed by atoms with Crippen LogP contribution in [0.25, 0.3) is 22.1 Å². The number of anilines is 3. The number of Topliss-reactive ketones (excluding diaryl/α,β-unsaturated/α-hetero) is 2. The molecule has 16 nitrogen and oxygen atoms in total. The van der Waals surface area contributed by atoms with Gasteiger partial charge in [-0.1, -0.05) is 36.4 Å². The lowest BCUT2D eigenvalue weighted by molar-refractivity contribution is 0.105. The standard InChI is InChI=1S/C34H27N5O11S3/c1-17-11-19(7-9-26(17)36-38-28-16-29(52(45,46)47)23-5-3-4-6-24(23)33(28)40)20-8-10-27(18(2)12-20)37-39-32-30(53(48,49)50)14-21-13-22(51(42,43)44)15-25(35)31(21)34(32)41/h3-16,36-37H,35H2,1-2H3,(H,42,43,44)(H,45,46,47)(H,48,49,50)/b38-28-,39-32+. The quantitative estimate of drug-likeness (QED) is 0.0812. The summed E-state index contributed by atoms with van der Waals surface area (Å²) < 4.78 is 101. The molecule has 0 spiro atoms. The van der Waals surface area contributed by atoms with Gasteiger partial charge in [-0.05, 0) is 90.2 Å². The van der Waals surface area contributed by atoms with Crippen molar-refractivity contribution in [3.63, 3.8) is 0 Å². The minimum absolute atomic E-state index is 0.0701. The smallest absolute Gasteiger partial charge is 0.296 e. The number of aryl methyl sites for hydroxylation is 2. The van der Waals surface area contributed by atoms with Crippen LogP contribution < -0.4 is 16.6 Å². The highest BCUT2D eigenvalue weighted by Gasteiger charge is 2.35.